The standard InChI is InChI=1S/C23H25N3O6/c1-15-2-6-17(7-3-15)32-18-8-4-16(5-9-18)22(29)25-13-20(27)26-14-23(30-10-11-31-23)12-19(26)21(24)28/h2-9,19H,10-14H2,1H3,(H2,24,28)(H,25,29). The number of nitrogens with two attached hydrogens (primary N) is 1. The normalized spacial score (nSPS) is 19.2. The third-order valence-electron chi connectivity index (χ3n) is 5.53. The first-order valence-corrected chi connectivity index (χ1v) is 10.3. The van der Waals surface area contributed by atoms with E-state index in [0.717, 1.165) is 5.56 Å². The highest BCUT2D eigenvalue weighted by Crippen LogP contribution is 2.34. The van der Waals surface area contributed by atoms with Crippen LogP contribution in [0.2, 0.25) is 0 Å². The smallest absolute Gasteiger partial charge is 0.251 e. The molecule has 2 saturated heterocycles. The van der Waals surface area contributed by atoms with Crippen molar-refractivity contribution in [2.45, 2.75) is 25.2 Å². The Morgan fingerprint density at radius 2 is 1.66 bits per heavy atom. The summed E-state index contributed by atoms with van der Waals surface area (Å²) in [6.07, 6.45) is 0.185. The number of ether oxygens (including phenoxy) is 3. The number of hydrogen-bond acceptors (Lipinski definition) is 6. The zero-order valence-corrected chi connectivity index (χ0v) is 17.7. The second kappa shape index (κ2) is 8.97. The summed E-state index contributed by atoms with van der Waals surface area (Å²) in [5.41, 5.74) is 6.97. The lowest BCUT2D eigenvalue weighted by Crippen LogP contribution is -2.48. The number of aryl methyl sites for hydroxylation is 1. The molecule has 2 aliphatic heterocycles. The van der Waals surface area contributed by atoms with E-state index in [1.807, 2.05) is 31.2 Å². The van der Waals surface area contributed by atoms with E-state index < -0.39 is 29.6 Å². The molecule has 3 amide bonds. The van der Waals surface area contributed by atoms with Crippen molar-refractivity contribution in [3.05, 3.63) is 59.7 Å². The Bertz CT molecular complexity index is 999. The average molecular weight is 439 g/mol. The Kier molecular flexibility index (Phi) is 6.11. The van der Waals surface area contributed by atoms with E-state index in [9.17, 15) is 14.4 Å². The topological polar surface area (TPSA) is 120 Å². The lowest BCUT2D eigenvalue weighted by molar-refractivity contribution is -0.152. The Balaban J connectivity index is 1.33. The van der Waals surface area contributed by atoms with Gasteiger partial charge in [0.2, 0.25) is 11.8 Å². The van der Waals surface area contributed by atoms with E-state index in [2.05, 4.69) is 5.32 Å². The second-order valence-corrected chi connectivity index (χ2v) is 7.87. The number of nitrogens with one attached hydrogen (secondary N) is 1. The van der Waals surface area contributed by atoms with Gasteiger partial charge in [0, 0.05) is 12.0 Å². The van der Waals surface area contributed by atoms with E-state index in [1.165, 1.54) is 4.90 Å². The molecule has 4 rings (SSSR count). The molecule has 2 aliphatic rings. The van der Waals surface area contributed by atoms with Gasteiger partial charge in [-0.3, -0.25) is 14.4 Å². The second-order valence-electron chi connectivity index (χ2n) is 7.87. The fourth-order valence-electron chi connectivity index (χ4n) is 3.84. The first kappa shape index (κ1) is 21.8. The van der Waals surface area contributed by atoms with Gasteiger partial charge >= 0.3 is 0 Å². The maximum absolute atomic E-state index is 12.7. The van der Waals surface area contributed by atoms with Crippen LogP contribution in [0, 0.1) is 6.92 Å². The molecule has 9 heteroatoms. The van der Waals surface area contributed by atoms with Gasteiger partial charge in [-0.25, -0.2) is 0 Å². The fraction of sp³-hybridized carbons (Fsp3) is 0.348. The highest BCUT2D eigenvalue weighted by atomic mass is 16.7. The third-order valence-corrected chi connectivity index (χ3v) is 5.53. The monoisotopic (exact) mass is 439 g/mol. The maximum Gasteiger partial charge on any atom is 0.251 e. The lowest BCUT2D eigenvalue weighted by atomic mass is 10.1. The predicted octanol–water partition coefficient (Wildman–Crippen LogP) is 1.35. The van der Waals surface area contributed by atoms with Gasteiger partial charge in [-0.05, 0) is 43.3 Å². The first-order chi connectivity index (χ1) is 15.3. The summed E-state index contributed by atoms with van der Waals surface area (Å²) < 4.78 is 16.9. The predicted molar refractivity (Wildman–Crippen MR) is 114 cm³/mol. The lowest BCUT2D eigenvalue weighted by Gasteiger charge is -2.23. The van der Waals surface area contributed by atoms with Crippen molar-refractivity contribution in [2.75, 3.05) is 26.3 Å². The number of benzene rings is 2. The van der Waals surface area contributed by atoms with Gasteiger partial charge in [-0.2, -0.15) is 0 Å². The zero-order valence-electron chi connectivity index (χ0n) is 17.7. The number of carbonyl (C=O) groups is 3. The van der Waals surface area contributed by atoms with Gasteiger partial charge in [0.15, 0.2) is 5.79 Å². The largest absolute Gasteiger partial charge is 0.457 e. The van der Waals surface area contributed by atoms with Crippen molar-refractivity contribution in [1.82, 2.24) is 10.2 Å². The summed E-state index contributed by atoms with van der Waals surface area (Å²) in [6.45, 7) is 2.61. The number of rotatable bonds is 6. The summed E-state index contributed by atoms with van der Waals surface area (Å²) in [5, 5.41) is 2.58. The van der Waals surface area contributed by atoms with Crippen LogP contribution in [0.1, 0.15) is 22.3 Å². The average Bonchev–Trinajstić information content (AvgIpc) is 3.41. The van der Waals surface area contributed by atoms with Crippen LogP contribution in [-0.2, 0) is 19.1 Å². The molecule has 0 radical (unpaired) electrons. The molecule has 0 aromatic heterocycles. The van der Waals surface area contributed by atoms with E-state index in [0.29, 0.717) is 30.3 Å². The molecule has 1 unspecified atom stereocenters. The van der Waals surface area contributed by atoms with Gasteiger partial charge in [0.05, 0.1) is 26.3 Å². The molecule has 0 aliphatic carbocycles. The minimum atomic E-state index is -0.993. The minimum Gasteiger partial charge on any atom is -0.457 e. The van der Waals surface area contributed by atoms with Crippen molar-refractivity contribution in [2.24, 2.45) is 5.73 Å². The SMILES string of the molecule is Cc1ccc(Oc2ccc(C(=O)NCC(=O)N3CC4(CC3C(N)=O)OCCO4)cc2)cc1. The molecular weight excluding hydrogens is 414 g/mol. The van der Waals surface area contributed by atoms with Gasteiger partial charge in [-0.15, -0.1) is 0 Å². The third kappa shape index (κ3) is 4.74. The van der Waals surface area contributed by atoms with Crippen LogP contribution < -0.4 is 15.8 Å². The molecule has 9 nitrogen and oxygen atoms in total. The van der Waals surface area contributed by atoms with Crippen LogP contribution in [0.15, 0.2) is 48.5 Å². The number of carbonyl (C=O) groups excluding carboxylic acids is 3. The molecule has 32 heavy (non-hydrogen) atoms. The van der Waals surface area contributed by atoms with E-state index in [1.54, 1.807) is 24.3 Å². The van der Waals surface area contributed by atoms with Crippen molar-refractivity contribution < 1.29 is 28.6 Å². The molecule has 2 heterocycles. The van der Waals surface area contributed by atoms with Crippen LogP contribution in [0.3, 0.4) is 0 Å². The molecular formula is C23H25N3O6. The molecule has 2 aromatic rings. The van der Waals surface area contributed by atoms with E-state index in [4.69, 9.17) is 19.9 Å². The summed E-state index contributed by atoms with van der Waals surface area (Å²) in [4.78, 5) is 38.3. The Morgan fingerprint density at radius 1 is 1.06 bits per heavy atom. The quantitative estimate of drug-likeness (QED) is 0.701. The van der Waals surface area contributed by atoms with E-state index >= 15 is 0 Å². The number of primary amides is 1. The first-order valence-electron chi connectivity index (χ1n) is 10.3. The highest BCUT2D eigenvalue weighted by Gasteiger charge is 2.51. The molecule has 1 atom stereocenters. The van der Waals surface area contributed by atoms with E-state index in [-0.39, 0.29) is 19.5 Å². The van der Waals surface area contributed by atoms with Crippen LogP contribution in [-0.4, -0.2) is 60.8 Å². The Labute approximate surface area is 185 Å². The summed E-state index contributed by atoms with van der Waals surface area (Å²) in [6, 6.07) is 13.4. The molecule has 2 fully saturated rings. The summed E-state index contributed by atoms with van der Waals surface area (Å²) in [5.74, 6) is -1.20. The van der Waals surface area contributed by atoms with Crippen LogP contribution >= 0.6 is 0 Å². The van der Waals surface area contributed by atoms with Gasteiger partial charge < -0.3 is 30.2 Å². The van der Waals surface area contributed by atoms with Crippen molar-refractivity contribution in [1.29, 1.82) is 0 Å². The number of amides is 3. The van der Waals surface area contributed by atoms with Gasteiger partial charge in [0.25, 0.3) is 5.91 Å². The summed E-state index contributed by atoms with van der Waals surface area (Å²) >= 11 is 0. The van der Waals surface area contributed by atoms with Crippen LogP contribution in [0.25, 0.3) is 0 Å². The Hall–Kier alpha value is -3.43. The minimum absolute atomic E-state index is 0.0976. The molecule has 3 N–H and O–H groups in total. The van der Waals surface area contributed by atoms with Gasteiger partial charge in [0.1, 0.15) is 17.5 Å². The summed E-state index contributed by atoms with van der Waals surface area (Å²) in [7, 11) is 0. The van der Waals surface area contributed by atoms with Gasteiger partial charge in [-0.1, -0.05) is 17.7 Å². The number of nitrogens with zero attached hydrogens (tertiary/aromatic N) is 1. The Morgan fingerprint density at radius 3 is 2.25 bits per heavy atom. The molecule has 0 saturated carbocycles. The molecule has 0 bridgehead atoms. The highest BCUT2D eigenvalue weighted by molar-refractivity contribution is 5.97. The van der Waals surface area contributed by atoms with Crippen molar-refractivity contribution in [3.8, 4) is 11.5 Å². The zero-order chi connectivity index (χ0) is 22.7. The fourth-order valence-corrected chi connectivity index (χ4v) is 3.84. The molecule has 2 aromatic carbocycles. The van der Waals surface area contributed by atoms with Crippen molar-refractivity contribution in [3.63, 3.8) is 0 Å². The molecule has 1 spiro atoms. The number of likely N-dealkylation sites (tertiary alicyclic amines) is 1. The van der Waals surface area contributed by atoms with Crippen molar-refractivity contribution >= 4 is 17.7 Å². The maximum atomic E-state index is 12.7. The molecule has 168 valence electrons. The van der Waals surface area contributed by atoms with Crippen LogP contribution in [0.5, 0.6) is 11.5 Å². The van der Waals surface area contributed by atoms with Crippen LogP contribution in [0.4, 0.5) is 0 Å². The number of hydrogen-bond donors (Lipinski definition) is 2.